The summed E-state index contributed by atoms with van der Waals surface area (Å²) in [4.78, 5) is 12.9. The Bertz CT molecular complexity index is 1330. The van der Waals surface area contributed by atoms with Gasteiger partial charge in [-0.25, -0.2) is 13.2 Å². The molecule has 4 aromatic rings. The van der Waals surface area contributed by atoms with Gasteiger partial charge in [-0.2, -0.15) is 0 Å². The van der Waals surface area contributed by atoms with Crippen molar-refractivity contribution in [2.24, 2.45) is 0 Å². The largest absolute Gasteiger partial charge is 0.425 e. The van der Waals surface area contributed by atoms with Gasteiger partial charge in [-0.05, 0) is 36.4 Å². The minimum Gasteiger partial charge on any atom is -0.425 e. The topological polar surface area (TPSA) is 63.7 Å². The summed E-state index contributed by atoms with van der Waals surface area (Å²) < 4.78 is 33.2. The van der Waals surface area contributed by atoms with E-state index in [0.29, 0.717) is 21.8 Å². The molecule has 0 N–H and O–H groups in total. The van der Waals surface area contributed by atoms with Gasteiger partial charge in [0.15, 0.2) is 0 Å². The summed E-state index contributed by atoms with van der Waals surface area (Å²) in [6.07, 6.45) is 0. The Labute approximate surface area is 185 Å². The SMILES string of the molecule is O=C(CN(c1ccccc1)S(=O)(=O)c1ccccc1)Oc1ccc(Cl)c2ccccc12. The predicted molar refractivity (Wildman–Crippen MR) is 122 cm³/mol. The van der Waals surface area contributed by atoms with Gasteiger partial charge in [-0.1, -0.05) is 72.3 Å². The average molecular weight is 452 g/mol. The van der Waals surface area contributed by atoms with E-state index < -0.39 is 22.5 Å². The lowest BCUT2D eigenvalue weighted by atomic mass is 10.1. The quantitative estimate of drug-likeness (QED) is 0.295. The van der Waals surface area contributed by atoms with E-state index >= 15 is 0 Å². The molecule has 5 nitrogen and oxygen atoms in total. The Morgan fingerprint density at radius 3 is 2.03 bits per heavy atom. The van der Waals surface area contributed by atoms with Gasteiger partial charge >= 0.3 is 5.97 Å². The normalized spacial score (nSPS) is 11.3. The van der Waals surface area contributed by atoms with Crippen molar-refractivity contribution >= 4 is 44.1 Å². The Hall–Kier alpha value is -3.35. The molecular formula is C24H18ClNO4S. The van der Waals surface area contributed by atoms with Crippen LogP contribution in [0.1, 0.15) is 0 Å². The summed E-state index contributed by atoms with van der Waals surface area (Å²) in [7, 11) is -3.98. The van der Waals surface area contributed by atoms with E-state index in [1.54, 1.807) is 66.7 Å². The van der Waals surface area contributed by atoms with Crippen LogP contribution in [0, 0.1) is 0 Å². The molecule has 7 heteroatoms. The Balaban J connectivity index is 1.67. The lowest BCUT2D eigenvalue weighted by Gasteiger charge is -2.23. The van der Waals surface area contributed by atoms with Gasteiger partial charge in [0.2, 0.25) is 0 Å². The van der Waals surface area contributed by atoms with Gasteiger partial charge in [-0.3, -0.25) is 4.31 Å². The molecule has 4 rings (SSSR count). The van der Waals surface area contributed by atoms with Crippen LogP contribution in [-0.2, 0) is 14.8 Å². The van der Waals surface area contributed by atoms with Crippen LogP contribution in [0.5, 0.6) is 5.75 Å². The minimum atomic E-state index is -3.98. The summed E-state index contributed by atoms with van der Waals surface area (Å²) in [6, 6.07) is 26.9. The van der Waals surface area contributed by atoms with E-state index in [0.717, 1.165) is 9.69 Å². The lowest BCUT2D eigenvalue weighted by Crippen LogP contribution is -2.37. The molecule has 0 saturated heterocycles. The number of anilines is 1. The molecule has 0 radical (unpaired) electrons. The van der Waals surface area contributed by atoms with Crippen LogP contribution in [0.15, 0.2) is 102 Å². The van der Waals surface area contributed by atoms with Crippen molar-refractivity contribution in [3.63, 3.8) is 0 Å². The number of hydrogen-bond donors (Lipinski definition) is 0. The molecule has 31 heavy (non-hydrogen) atoms. The summed E-state index contributed by atoms with van der Waals surface area (Å²) >= 11 is 6.23. The number of sulfonamides is 1. The molecule has 0 saturated carbocycles. The second-order valence-electron chi connectivity index (χ2n) is 6.73. The second kappa shape index (κ2) is 8.79. The highest BCUT2D eigenvalue weighted by atomic mass is 35.5. The van der Waals surface area contributed by atoms with Crippen LogP contribution in [0.25, 0.3) is 10.8 Å². The van der Waals surface area contributed by atoms with Gasteiger partial charge in [-0.15, -0.1) is 0 Å². The number of hydrogen-bond acceptors (Lipinski definition) is 4. The van der Waals surface area contributed by atoms with Crippen LogP contribution in [-0.4, -0.2) is 20.9 Å². The van der Waals surface area contributed by atoms with Crippen LogP contribution >= 0.6 is 11.6 Å². The van der Waals surface area contributed by atoms with Crippen molar-refractivity contribution < 1.29 is 17.9 Å². The van der Waals surface area contributed by atoms with Crippen LogP contribution < -0.4 is 9.04 Å². The van der Waals surface area contributed by atoms with Crippen molar-refractivity contribution in [1.82, 2.24) is 0 Å². The summed E-state index contributed by atoms with van der Waals surface area (Å²) in [5, 5.41) is 1.94. The monoisotopic (exact) mass is 451 g/mol. The molecule has 0 aliphatic rings. The zero-order chi connectivity index (χ0) is 21.8. The number of carbonyl (C=O) groups excluding carboxylic acids is 1. The number of esters is 1. The molecule has 0 unspecified atom stereocenters. The predicted octanol–water partition coefficient (Wildman–Crippen LogP) is 5.29. The fourth-order valence-electron chi connectivity index (χ4n) is 3.22. The van der Waals surface area contributed by atoms with Gasteiger partial charge in [0.1, 0.15) is 12.3 Å². The maximum absolute atomic E-state index is 13.3. The average Bonchev–Trinajstić information content (AvgIpc) is 2.80. The number of fused-ring (bicyclic) bond motifs is 1. The van der Waals surface area contributed by atoms with Crippen molar-refractivity contribution in [3.8, 4) is 5.75 Å². The van der Waals surface area contributed by atoms with Gasteiger partial charge < -0.3 is 4.74 Å². The molecule has 156 valence electrons. The standard InChI is InChI=1S/C24H18ClNO4S/c25-22-15-16-23(21-14-8-7-13-20(21)22)30-24(27)17-26(18-9-3-1-4-10-18)31(28,29)19-11-5-2-6-12-19/h1-16H,17H2. The number of carbonyl (C=O) groups is 1. The molecule has 0 heterocycles. The zero-order valence-corrected chi connectivity index (χ0v) is 17.9. The lowest BCUT2D eigenvalue weighted by molar-refractivity contribution is -0.132. The molecule has 0 spiro atoms. The second-order valence-corrected chi connectivity index (χ2v) is 8.99. The third-order valence-electron chi connectivity index (χ3n) is 4.70. The first-order valence-electron chi connectivity index (χ1n) is 9.47. The van der Waals surface area contributed by atoms with Crippen molar-refractivity contribution in [3.05, 3.63) is 102 Å². The highest BCUT2D eigenvalue weighted by molar-refractivity contribution is 7.92. The number of nitrogens with zero attached hydrogens (tertiary/aromatic N) is 1. The summed E-state index contributed by atoms with van der Waals surface area (Å²) in [5.41, 5.74) is 0.365. The highest BCUT2D eigenvalue weighted by Crippen LogP contribution is 2.31. The summed E-state index contributed by atoms with van der Waals surface area (Å²) in [6.45, 7) is -0.488. The van der Waals surface area contributed by atoms with Crippen LogP contribution in [0.2, 0.25) is 5.02 Å². The molecule has 0 atom stereocenters. The molecule has 0 aliphatic carbocycles. The third-order valence-corrected chi connectivity index (χ3v) is 6.82. The van der Waals surface area contributed by atoms with E-state index in [4.69, 9.17) is 16.3 Å². The maximum atomic E-state index is 13.3. The number of rotatable bonds is 6. The molecule has 0 fully saturated rings. The van der Waals surface area contributed by atoms with Gasteiger partial charge in [0.05, 0.1) is 10.6 Å². The van der Waals surface area contributed by atoms with E-state index in [2.05, 4.69) is 0 Å². The van der Waals surface area contributed by atoms with Crippen molar-refractivity contribution in [2.75, 3.05) is 10.8 Å². The van der Waals surface area contributed by atoms with Crippen LogP contribution in [0.3, 0.4) is 0 Å². The molecule has 4 aromatic carbocycles. The minimum absolute atomic E-state index is 0.0867. The molecule has 0 aliphatic heterocycles. The summed E-state index contributed by atoms with van der Waals surface area (Å²) in [5.74, 6) is -0.397. The Kier molecular flexibility index (Phi) is 5.93. The first-order valence-corrected chi connectivity index (χ1v) is 11.3. The number of para-hydroxylation sites is 1. The number of ether oxygens (including phenoxy) is 1. The van der Waals surface area contributed by atoms with E-state index in [-0.39, 0.29) is 4.90 Å². The fraction of sp³-hybridized carbons (Fsp3) is 0.0417. The third kappa shape index (κ3) is 4.40. The molecule has 0 amide bonds. The maximum Gasteiger partial charge on any atom is 0.332 e. The van der Waals surface area contributed by atoms with E-state index in [9.17, 15) is 13.2 Å². The molecule has 0 aromatic heterocycles. The molecule has 0 bridgehead atoms. The zero-order valence-electron chi connectivity index (χ0n) is 16.3. The van der Waals surface area contributed by atoms with E-state index in [1.807, 2.05) is 18.2 Å². The van der Waals surface area contributed by atoms with Crippen molar-refractivity contribution in [1.29, 1.82) is 0 Å². The smallest absolute Gasteiger partial charge is 0.332 e. The fourth-order valence-corrected chi connectivity index (χ4v) is 4.88. The number of benzene rings is 4. The first kappa shape index (κ1) is 20.9. The van der Waals surface area contributed by atoms with E-state index in [1.165, 1.54) is 12.1 Å². The highest BCUT2D eigenvalue weighted by Gasteiger charge is 2.28. The van der Waals surface area contributed by atoms with Crippen LogP contribution in [0.4, 0.5) is 5.69 Å². The Morgan fingerprint density at radius 2 is 1.35 bits per heavy atom. The Morgan fingerprint density at radius 1 is 0.774 bits per heavy atom. The first-order chi connectivity index (χ1) is 15.0. The number of halogens is 1. The molecular weight excluding hydrogens is 434 g/mol. The van der Waals surface area contributed by atoms with Gasteiger partial charge in [0, 0.05) is 15.8 Å². The van der Waals surface area contributed by atoms with Gasteiger partial charge in [0.25, 0.3) is 10.0 Å². The van der Waals surface area contributed by atoms with Crippen molar-refractivity contribution in [2.45, 2.75) is 4.90 Å².